The molecule has 0 aliphatic carbocycles. The lowest BCUT2D eigenvalue weighted by Gasteiger charge is -2.27. The number of carbonyl (C=O) groups excluding carboxylic acids is 1. The van der Waals surface area contributed by atoms with Crippen LogP contribution in [0.1, 0.15) is 17.9 Å². The van der Waals surface area contributed by atoms with E-state index in [0.29, 0.717) is 5.92 Å². The Balaban J connectivity index is 1.96. The predicted molar refractivity (Wildman–Crippen MR) is 65.6 cm³/mol. The SMILES string of the molecule is CN1C(=O)COc2ccc(C3CCNC3)cc21. The van der Waals surface area contributed by atoms with E-state index < -0.39 is 0 Å². The van der Waals surface area contributed by atoms with Gasteiger partial charge in [0.2, 0.25) is 0 Å². The van der Waals surface area contributed by atoms with Crippen LogP contribution in [0.15, 0.2) is 18.2 Å². The zero-order valence-electron chi connectivity index (χ0n) is 9.90. The lowest BCUT2D eigenvalue weighted by molar-refractivity contribution is -0.120. The van der Waals surface area contributed by atoms with Crippen molar-refractivity contribution in [3.63, 3.8) is 0 Å². The molecule has 2 heterocycles. The molecule has 1 aromatic rings. The van der Waals surface area contributed by atoms with Gasteiger partial charge < -0.3 is 15.0 Å². The molecule has 0 saturated carbocycles. The third kappa shape index (κ3) is 1.78. The summed E-state index contributed by atoms with van der Waals surface area (Å²) < 4.78 is 5.42. The largest absolute Gasteiger partial charge is 0.482 e. The first-order chi connectivity index (χ1) is 8.25. The first-order valence-corrected chi connectivity index (χ1v) is 6.00. The van der Waals surface area contributed by atoms with Gasteiger partial charge >= 0.3 is 0 Å². The van der Waals surface area contributed by atoms with Crippen molar-refractivity contribution in [2.24, 2.45) is 0 Å². The molecule has 1 fully saturated rings. The Morgan fingerprint density at radius 3 is 3.12 bits per heavy atom. The molecule has 1 saturated heterocycles. The molecule has 0 spiro atoms. The van der Waals surface area contributed by atoms with E-state index in [1.807, 2.05) is 6.07 Å². The van der Waals surface area contributed by atoms with Crippen LogP contribution < -0.4 is 15.0 Å². The van der Waals surface area contributed by atoms with Crippen molar-refractivity contribution in [1.29, 1.82) is 0 Å². The Morgan fingerprint density at radius 2 is 2.35 bits per heavy atom. The second-order valence-corrected chi connectivity index (χ2v) is 4.66. The highest BCUT2D eigenvalue weighted by molar-refractivity contribution is 5.97. The molecule has 1 aromatic carbocycles. The second kappa shape index (κ2) is 4.04. The van der Waals surface area contributed by atoms with E-state index in [-0.39, 0.29) is 12.5 Å². The Morgan fingerprint density at radius 1 is 1.47 bits per heavy atom. The average molecular weight is 232 g/mol. The first-order valence-electron chi connectivity index (χ1n) is 6.00. The topological polar surface area (TPSA) is 41.6 Å². The summed E-state index contributed by atoms with van der Waals surface area (Å²) in [5.74, 6) is 1.38. The molecule has 17 heavy (non-hydrogen) atoms. The summed E-state index contributed by atoms with van der Waals surface area (Å²) in [6.07, 6.45) is 1.16. The van der Waals surface area contributed by atoms with Gasteiger partial charge in [0.25, 0.3) is 5.91 Å². The molecule has 1 N–H and O–H groups in total. The number of ether oxygens (including phenoxy) is 1. The number of benzene rings is 1. The summed E-state index contributed by atoms with van der Waals surface area (Å²) >= 11 is 0. The molecular formula is C13H16N2O2. The summed E-state index contributed by atoms with van der Waals surface area (Å²) in [7, 11) is 1.81. The van der Waals surface area contributed by atoms with Gasteiger partial charge in [0.05, 0.1) is 5.69 Å². The van der Waals surface area contributed by atoms with Crippen LogP contribution in [-0.2, 0) is 4.79 Å². The van der Waals surface area contributed by atoms with Crippen LogP contribution >= 0.6 is 0 Å². The van der Waals surface area contributed by atoms with Gasteiger partial charge in [-0.3, -0.25) is 4.79 Å². The van der Waals surface area contributed by atoms with Gasteiger partial charge in [0, 0.05) is 13.6 Å². The lowest BCUT2D eigenvalue weighted by Crippen LogP contribution is -2.35. The average Bonchev–Trinajstić information content (AvgIpc) is 2.87. The highest BCUT2D eigenvalue weighted by Crippen LogP contribution is 2.35. The van der Waals surface area contributed by atoms with Crippen molar-refractivity contribution in [1.82, 2.24) is 5.32 Å². The van der Waals surface area contributed by atoms with Gasteiger partial charge in [-0.15, -0.1) is 0 Å². The number of nitrogens with zero attached hydrogens (tertiary/aromatic N) is 1. The van der Waals surface area contributed by atoms with Gasteiger partial charge in [0.15, 0.2) is 6.61 Å². The maximum absolute atomic E-state index is 11.6. The summed E-state index contributed by atoms with van der Waals surface area (Å²) in [6.45, 7) is 2.25. The number of nitrogens with one attached hydrogen (secondary N) is 1. The number of likely N-dealkylation sites (N-methyl/N-ethyl adjacent to an activating group) is 1. The molecule has 3 rings (SSSR count). The zero-order valence-corrected chi connectivity index (χ0v) is 9.90. The summed E-state index contributed by atoms with van der Waals surface area (Å²) in [5.41, 5.74) is 2.18. The molecule has 4 nitrogen and oxygen atoms in total. The molecule has 1 amide bonds. The number of hydrogen-bond acceptors (Lipinski definition) is 3. The number of hydrogen-bond donors (Lipinski definition) is 1. The molecule has 2 aliphatic rings. The van der Waals surface area contributed by atoms with E-state index in [2.05, 4.69) is 17.4 Å². The van der Waals surface area contributed by atoms with E-state index in [0.717, 1.165) is 30.9 Å². The molecule has 2 aliphatic heterocycles. The van der Waals surface area contributed by atoms with E-state index in [1.165, 1.54) is 5.56 Å². The Labute approximate surface area is 101 Å². The molecule has 90 valence electrons. The van der Waals surface area contributed by atoms with E-state index >= 15 is 0 Å². The Kier molecular flexibility index (Phi) is 2.52. The standard InChI is InChI=1S/C13H16N2O2/c1-15-11-6-9(10-4-5-14-7-10)2-3-12(11)17-8-13(15)16/h2-3,6,10,14H,4-5,7-8H2,1H3. The fourth-order valence-electron chi connectivity index (χ4n) is 2.48. The van der Waals surface area contributed by atoms with E-state index in [9.17, 15) is 4.79 Å². The predicted octanol–water partition coefficient (Wildman–Crippen LogP) is 1.12. The molecule has 1 unspecified atom stereocenters. The summed E-state index contributed by atoms with van der Waals surface area (Å²) in [4.78, 5) is 13.3. The van der Waals surface area contributed by atoms with Crippen LogP contribution in [0.2, 0.25) is 0 Å². The lowest BCUT2D eigenvalue weighted by atomic mass is 9.97. The maximum atomic E-state index is 11.6. The summed E-state index contributed by atoms with van der Waals surface area (Å²) in [5, 5.41) is 3.36. The van der Waals surface area contributed by atoms with Crippen molar-refractivity contribution < 1.29 is 9.53 Å². The van der Waals surface area contributed by atoms with Crippen LogP contribution in [0.25, 0.3) is 0 Å². The van der Waals surface area contributed by atoms with Gasteiger partial charge in [-0.25, -0.2) is 0 Å². The van der Waals surface area contributed by atoms with E-state index in [1.54, 1.807) is 11.9 Å². The van der Waals surface area contributed by atoms with Gasteiger partial charge in [-0.1, -0.05) is 6.07 Å². The third-order valence-electron chi connectivity index (χ3n) is 3.60. The van der Waals surface area contributed by atoms with Gasteiger partial charge in [0.1, 0.15) is 5.75 Å². The van der Waals surface area contributed by atoms with Crippen LogP contribution in [0, 0.1) is 0 Å². The fraction of sp³-hybridized carbons (Fsp3) is 0.462. The van der Waals surface area contributed by atoms with Crippen LogP contribution in [0.3, 0.4) is 0 Å². The van der Waals surface area contributed by atoms with Gasteiger partial charge in [-0.05, 0) is 36.6 Å². The molecule has 0 aromatic heterocycles. The minimum Gasteiger partial charge on any atom is -0.482 e. The Hall–Kier alpha value is -1.55. The number of rotatable bonds is 1. The normalized spacial score (nSPS) is 23.5. The highest BCUT2D eigenvalue weighted by atomic mass is 16.5. The summed E-state index contributed by atoms with van der Waals surface area (Å²) in [6, 6.07) is 6.18. The number of carbonyl (C=O) groups is 1. The van der Waals surface area contributed by atoms with Crippen LogP contribution in [-0.4, -0.2) is 32.7 Å². The number of fused-ring (bicyclic) bond motifs is 1. The molecule has 0 radical (unpaired) electrons. The molecule has 4 heteroatoms. The minimum absolute atomic E-state index is 0.0131. The van der Waals surface area contributed by atoms with Gasteiger partial charge in [-0.2, -0.15) is 0 Å². The number of amides is 1. The first kappa shape index (κ1) is 10.6. The van der Waals surface area contributed by atoms with Crippen molar-refractivity contribution >= 4 is 11.6 Å². The number of anilines is 1. The van der Waals surface area contributed by atoms with Crippen LogP contribution in [0.4, 0.5) is 5.69 Å². The minimum atomic E-state index is 0.0131. The zero-order chi connectivity index (χ0) is 11.8. The third-order valence-corrected chi connectivity index (χ3v) is 3.60. The molecule has 0 bridgehead atoms. The van der Waals surface area contributed by atoms with Crippen LogP contribution in [0.5, 0.6) is 5.75 Å². The highest BCUT2D eigenvalue weighted by Gasteiger charge is 2.24. The second-order valence-electron chi connectivity index (χ2n) is 4.66. The van der Waals surface area contributed by atoms with Crippen molar-refractivity contribution in [2.75, 3.05) is 31.6 Å². The maximum Gasteiger partial charge on any atom is 0.264 e. The monoisotopic (exact) mass is 232 g/mol. The molecular weight excluding hydrogens is 216 g/mol. The quantitative estimate of drug-likeness (QED) is 0.789. The fourth-order valence-corrected chi connectivity index (χ4v) is 2.48. The Bertz CT molecular complexity index is 453. The smallest absolute Gasteiger partial charge is 0.264 e. The van der Waals surface area contributed by atoms with E-state index in [4.69, 9.17) is 4.74 Å². The van der Waals surface area contributed by atoms with Crippen molar-refractivity contribution in [3.05, 3.63) is 23.8 Å². The van der Waals surface area contributed by atoms with Crippen molar-refractivity contribution in [3.8, 4) is 5.75 Å². The van der Waals surface area contributed by atoms with Crippen molar-refractivity contribution in [2.45, 2.75) is 12.3 Å². The molecule has 1 atom stereocenters.